The first kappa shape index (κ1) is 18.9. The first-order chi connectivity index (χ1) is 13.2. The highest BCUT2D eigenvalue weighted by molar-refractivity contribution is 9.10. The Hall–Kier alpha value is -2.39. The van der Waals surface area contributed by atoms with Crippen molar-refractivity contribution in [1.29, 1.82) is 0 Å². The van der Waals surface area contributed by atoms with Crippen LogP contribution in [0.5, 0.6) is 11.8 Å². The highest BCUT2D eigenvalue weighted by atomic mass is 79.9. The summed E-state index contributed by atoms with van der Waals surface area (Å²) < 4.78 is 37.8. The maximum absolute atomic E-state index is 12.6. The summed E-state index contributed by atoms with van der Waals surface area (Å²) >= 11 is 8.23. The molecule has 3 aromatic rings. The number of nitrogens with zero attached hydrogens (tertiary/aromatic N) is 2. The molecule has 0 spiro atoms. The maximum Gasteiger partial charge on any atom is 0.487 e. The van der Waals surface area contributed by atoms with Gasteiger partial charge in [-0.15, -0.1) is 8.78 Å². The average Bonchev–Trinajstić information content (AvgIpc) is 3.15. The number of hydrogen-bond acceptors (Lipinski definition) is 4. The Morgan fingerprint density at radius 3 is 2.79 bits per heavy atom. The van der Waals surface area contributed by atoms with Crippen LogP contribution in [0.25, 0.3) is 11.0 Å². The van der Waals surface area contributed by atoms with Crippen LogP contribution in [0.3, 0.4) is 0 Å². The lowest BCUT2D eigenvalue weighted by Gasteiger charge is -2.11. The molecule has 2 heterocycles. The van der Waals surface area contributed by atoms with E-state index in [0.717, 1.165) is 9.99 Å². The van der Waals surface area contributed by atoms with Crippen LogP contribution >= 0.6 is 27.5 Å². The quantitative estimate of drug-likeness (QED) is 0.532. The second-order valence-corrected chi connectivity index (χ2v) is 7.57. The predicted octanol–water partition coefficient (Wildman–Crippen LogP) is 5.17. The summed E-state index contributed by atoms with van der Waals surface area (Å²) in [7, 11) is 0. The Morgan fingerprint density at radius 1 is 1.39 bits per heavy atom. The van der Waals surface area contributed by atoms with Crippen molar-refractivity contribution in [3.8, 4) is 11.8 Å². The summed E-state index contributed by atoms with van der Waals surface area (Å²) in [5.74, 6) is -0.495. The lowest BCUT2D eigenvalue weighted by molar-refractivity contribution is -0.0964. The van der Waals surface area contributed by atoms with Crippen molar-refractivity contribution < 1.29 is 23.0 Å². The molecule has 4 rings (SSSR count). The molecule has 1 amide bonds. The van der Waals surface area contributed by atoms with Gasteiger partial charge in [0.05, 0.1) is 17.1 Å². The molecule has 0 bridgehead atoms. The number of carbonyl (C=O) groups excluding carboxylic acids is 1. The van der Waals surface area contributed by atoms with E-state index < -0.39 is 5.57 Å². The van der Waals surface area contributed by atoms with Gasteiger partial charge in [0.15, 0.2) is 0 Å². The summed E-state index contributed by atoms with van der Waals surface area (Å²) in [6.07, 6.45) is 0. The van der Waals surface area contributed by atoms with Crippen LogP contribution in [-0.4, -0.2) is 27.6 Å². The molecule has 0 saturated carbocycles. The molecule has 0 radical (unpaired) electrons. The summed E-state index contributed by atoms with van der Waals surface area (Å²) in [4.78, 5) is 17.0. The van der Waals surface area contributed by atoms with Gasteiger partial charge >= 0.3 is 5.57 Å². The van der Waals surface area contributed by atoms with Gasteiger partial charge in [0.25, 0.3) is 11.9 Å². The van der Waals surface area contributed by atoms with Crippen LogP contribution in [0.15, 0.2) is 40.9 Å². The predicted molar refractivity (Wildman–Crippen MR) is 103 cm³/mol. The molecular weight excluding hydrogens is 460 g/mol. The molecule has 0 aliphatic carbocycles. The maximum atomic E-state index is 12.6. The molecule has 1 atom stereocenters. The Labute approximate surface area is 171 Å². The number of imidazole rings is 1. The molecule has 0 unspecified atom stereocenters. The number of amides is 1. The number of nitrogens with one attached hydrogen (secondary N) is 1. The number of benzene rings is 2. The van der Waals surface area contributed by atoms with Crippen LogP contribution in [0.2, 0.25) is 0 Å². The first-order valence-electron chi connectivity index (χ1n) is 8.23. The third-order valence-corrected chi connectivity index (χ3v) is 4.89. The molecule has 10 heteroatoms. The second-order valence-electron chi connectivity index (χ2n) is 6.28. The smallest absolute Gasteiger partial charge is 0.462 e. The SMILES string of the molecule is C[C@@H]1COc2nc3cc(C(=O)Nc4ccc(OC(F)(F)Cl)cc4)cc(Br)c3n21. The van der Waals surface area contributed by atoms with Crippen LogP contribution in [0.4, 0.5) is 14.5 Å². The average molecular weight is 473 g/mol. The number of aromatic nitrogens is 2. The molecule has 6 nitrogen and oxygen atoms in total. The fraction of sp³-hybridized carbons (Fsp3) is 0.222. The number of anilines is 1. The molecule has 1 N–H and O–H groups in total. The standard InChI is InChI=1S/C18H13BrClF2N3O3/c1-9-8-27-17-24-14-7-10(6-13(19)15(14)25(9)17)16(26)23-11-2-4-12(5-3-11)28-18(20,21)22/h2-7,9H,8H2,1H3,(H,23,26)/t9-/m1/s1. The Bertz CT molecular complexity index is 1070. The molecule has 146 valence electrons. The molecule has 1 aliphatic heterocycles. The summed E-state index contributed by atoms with van der Waals surface area (Å²) in [6.45, 7) is 2.58. The number of hydrogen-bond donors (Lipinski definition) is 1. The van der Waals surface area contributed by atoms with Crippen molar-refractivity contribution in [1.82, 2.24) is 9.55 Å². The van der Waals surface area contributed by atoms with Crippen molar-refractivity contribution in [2.75, 3.05) is 11.9 Å². The number of ether oxygens (including phenoxy) is 2. The van der Waals surface area contributed by atoms with Gasteiger partial charge in [-0.3, -0.25) is 9.36 Å². The second kappa shape index (κ2) is 6.89. The van der Waals surface area contributed by atoms with E-state index in [2.05, 4.69) is 31.0 Å². The van der Waals surface area contributed by atoms with Crippen LogP contribution in [0, 0.1) is 0 Å². The Morgan fingerprint density at radius 2 is 2.11 bits per heavy atom. The molecule has 0 fully saturated rings. The van der Waals surface area contributed by atoms with E-state index in [0.29, 0.717) is 29.4 Å². The van der Waals surface area contributed by atoms with Gasteiger partial charge in [-0.1, -0.05) is 0 Å². The molecule has 2 aromatic carbocycles. The minimum absolute atomic E-state index is 0.121. The van der Waals surface area contributed by atoms with Crippen LogP contribution in [-0.2, 0) is 0 Å². The van der Waals surface area contributed by atoms with E-state index in [1.807, 2.05) is 11.5 Å². The highest BCUT2D eigenvalue weighted by Crippen LogP contribution is 2.36. The molecule has 0 saturated heterocycles. The van der Waals surface area contributed by atoms with Gasteiger partial charge < -0.3 is 14.8 Å². The van der Waals surface area contributed by atoms with Gasteiger partial charge in [0, 0.05) is 27.3 Å². The van der Waals surface area contributed by atoms with Crippen LogP contribution < -0.4 is 14.8 Å². The van der Waals surface area contributed by atoms with Crippen LogP contribution in [0.1, 0.15) is 23.3 Å². The molecule has 1 aliphatic rings. The number of fused-ring (bicyclic) bond motifs is 3. The van der Waals surface area contributed by atoms with E-state index >= 15 is 0 Å². The van der Waals surface area contributed by atoms with Gasteiger partial charge in [-0.25, -0.2) is 0 Å². The molecular formula is C18H13BrClF2N3O3. The summed E-state index contributed by atoms with van der Waals surface area (Å²) in [5, 5.41) is 2.70. The number of carbonyl (C=O) groups is 1. The zero-order chi connectivity index (χ0) is 20.1. The molecule has 1 aromatic heterocycles. The summed E-state index contributed by atoms with van der Waals surface area (Å²) in [5.41, 5.74) is -1.50. The van der Waals surface area contributed by atoms with Crippen molar-refractivity contribution in [2.45, 2.75) is 18.5 Å². The van der Waals surface area contributed by atoms with Gasteiger partial charge in [-0.05, 0) is 59.3 Å². The number of rotatable bonds is 4. The number of alkyl halides is 3. The Kier molecular flexibility index (Phi) is 4.67. The largest absolute Gasteiger partial charge is 0.487 e. The zero-order valence-electron chi connectivity index (χ0n) is 14.4. The fourth-order valence-electron chi connectivity index (χ4n) is 3.02. The zero-order valence-corrected chi connectivity index (χ0v) is 16.7. The monoisotopic (exact) mass is 471 g/mol. The number of halogens is 4. The van der Waals surface area contributed by atoms with E-state index in [-0.39, 0.29) is 17.7 Å². The van der Waals surface area contributed by atoms with Gasteiger partial charge in [-0.2, -0.15) is 4.98 Å². The highest BCUT2D eigenvalue weighted by Gasteiger charge is 2.28. The third-order valence-electron chi connectivity index (χ3n) is 4.21. The normalized spacial score (nSPS) is 16.0. The van der Waals surface area contributed by atoms with Gasteiger partial charge in [0.2, 0.25) is 0 Å². The summed E-state index contributed by atoms with van der Waals surface area (Å²) in [6, 6.07) is 9.47. The minimum atomic E-state index is -3.79. The van der Waals surface area contributed by atoms with E-state index in [9.17, 15) is 13.6 Å². The van der Waals surface area contributed by atoms with E-state index in [1.54, 1.807) is 12.1 Å². The topological polar surface area (TPSA) is 65.4 Å². The Balaban J connectivity index is 1.56. The fourth-order valence-corrected chi connectivity index (χ4v) is 3.75. The van der Waals surface area contributed by atoms with E-state index in [1.165, 1.54) is 24.3 Å². The third kappa shape index (κ3) is 3.64. The lowest BCUT2D eigenvalue weighted by atomic mass is 10.1. The van der Waals surface area contributed by atoms with E-state index in [4.69, 9.17) is 16.3 Å². The minimum Gasteiger partial charge on any atom is -0.462 e. The molecule has 28 heavy (non-hydrogen) atoms. The van der Waals surface area contributed by atoms with Crippen molar-refractivity contribution in [3.05, 3.63) is 46.4 Å². The lowest BCUT2D eigenvalue weighted by Crippen LogP contribution is -2.15. The van der Waals surface area contributed by atoms with Crippen molar-refractivity contribution >= 4 is 50.2 Å². The first-order valence-corrected chi connectivity index (χ1v) is 9.40. The van der Waals surface area contributed by atoms with Gasteiger partial charge in [0.1, 0.15) is 12.4 Å². The van der Waals surface area contributed by atoms with Crippen molar-refractivity contribution in [2.24, 2.45) is 0 Å². The van der Waals surface area contributed by atoms with Crippen molar-refractivity contribution in [3.63, 3.8) is 0 Å².